The summed E-state index contributed by atoms with van der Waals surface area (Å²) in [6.07, 6.45) is 1.66. The number of aryl methyl sites for hydroxylation is 1. The molecule has 103 valence electrons. The van der Waals surface area contributed by atoms with E-state index in [1.807, 2.05) is 25.1 Å². The van der Waals surface area contributed by atoms with Crippen molar-refractivity contribution in [2.75, 3.05) is 19.0 Å². The maximum atomic E-state index is 13.8. The number of halogens is 2. The second-order valence-corrected chi connectivity index (χ2v) is 4.38. The van der Waals surface area contributed by atoms with Gasteiger partial charge in [0.25, 0.3) is 0 Å². The minimum Gasteiger partial charge on any atom is -0.376 e. The van der Waals surface area contributed by atoms with Gasteiger partial charge in [-0.2, -0.15) is 0 Å². The summed E-state index contributed by atoms with van der Waals surface area (Å²) >= 11 is 0. The van der Waals surface area contributed by atoms with Crippen LogP contribution < -0.4 is 4.90 Å². The van der Waals surface area contributed by atoms with Gasteiger partial charge in [-0.25, -0.2) is 8.78 Å². The molecule has 0 aliphatic carbocycles. The van der Waals surface area contributed by atoms with Crippen LogP contribution in [0.25, 0.3) is 11.3 Å². The van der Waals surface area contributed by atoms with Crippen LogP contribution in [0.2, 0.25) is 0 Å². The zero-order valence-corrected chi connectivity index (χ0v) is 13.3. The first kappa shape index (κ1) is 15.7. The van der Waals surface area contributed by atoms with E-state index in [0.717, 1.165) is 11.8 Å². The third kappa shape index (κ3) is 3.37. The standard InChI is InChI=1S/C14H14F2N2.Ir/c1-9-6-10(15)7-12(16)14(9)13-5-4-11(8-17-13)18(2)3;/h4-8H,1-3H3;. The van der Waals surface area contributed by atoms with Gasteiger partial charge in [-0.05, 0) is 30.7 Å². The van der Waals surface area contributed by atoms with Gasteiger partial charge in [0.15, 0.2) is 0 Å². The number of benzene rings is 1. The fourth-order valence-corrected chi connectivity index (χ4v) is 1.83. The molecule has 0 saturated carbocycles. The number of anilines is 1. The molecular weight excluding hydrogens is 426 g/mol. The van der Waals surface area contributed by atoms with Gasteiger partial charge >= 0.3 is 0 Å². The minimum absolute atomic E-state index is 0. The Morgan fingerprint density at radius 1 is 1.11 bits per heavy atom. The van der Waals surface area contributed by atoms with E-state index in [1.54, 1.807) is 19.2 Å². The molecule has 2 nitrogen and oxygen atoms in total. The summed E-state index contributed by atoms with van der Waals surface area (Å²) in [6, 6.07) is 5.77. The predicted molar refractivity (Wildman–Crippen MR) is 68.7 cm³/mol. The maximum absolute atomic E-state index is 13.8. The van der Waals surface area contributed by atoms with Gasteiger partial charge in [-0.1, -0.05) is 0 Å². The number of hydrogen-bond acceptors (Lipinski definition) is 2. The number of nitrogens with zero attached hydrogens (tertiary/aromatic N) is 2. The fraction of sp³-hybridized carbons (Fsp3) is 0.214. The summed E-state index contributed by atoms with van der Waals surface area (Å²) in [5, 5.41) is 0. The summed E-state index contributed by atoms with van der Waals surface area (Å²) < 4.78 is 26.8. The van der Waals surface area contributed by atoms with E-state index in [-0.39, 0.29) is 20.1 Å². The van der Waals surface area contributed by atoms with Crippen LogP contribution in [0.3, 0.4) is 0 Å². The molecule has 0 saturated heterocycles. The topological polar surface area (TPSA) is 16.1 Å². The van der Waals surface area contributed by atoms with Crippen LogP contribution in [0.15, 0.2) is 30.5 Å². The van der Waals surface area contributed by atoms with Crippen LogP contribution in [-0.2, 0) is 20.1 Å². The Kier molecular flexibility index (Phi) is 5.15. The average molecular weight is 440 g/mol. The monoisotopic (exact) mass is 441 g/mol. The molecule has 1 heterocycles. The Hall–Kier alpha value is -1.32. The van der Waals surface area contributed by atoms with Gasteiger partial charge in [0.2, 0.25) is 0 Å². The molecule has 2 rings (SSSR count). The van der Waals surface area contributed by atoms with E-state index in [9.17, 15) is 8.78 Å². The molecule has 1 aromatic carbocycles. The van der Waals surface area contributed by atoms with E-state index >= 15 is 0 Å². The van der Waals surface area contributed by atoms with Crippen molar-refractivity contribution in [3.8, 4) is 11.3 Å². The zero-order valence-electron chi connectivity index (χ0n) is 10.9. The van der Waals surface area contributed by atoms with Gasteiger partial charge in [0.05, 0.1) is 17.6 Å². The summed E-state index contributed by atoms with van der Waals surface area (Å²) in [6.45, 7) is 1.67. The summed E-state index contributed by atoms with van der Waals surface area (Å²) in [4.78, 5) is 6.12. The van der Waals surface area contributed by atoms with Gasteiger partial charge in [0, 0.05) is 45.8 Å². The number of hydrogen-bond donors (Lipinski definition) is 0. The largest absolute Gasteiger partial charge is 0.376 e. The molecule has 1 radical (unpaired) electrons. The smallest absolute Gasteiger partial charge is 0.135 e. The Labute approximate surface area is 124 Å². The van der Waals surface area contributed by atoms with Crippen LogP contribution in [0.4, 0.5) is 14.5 Å². The van der Waals surface area contributed by atoms with Crippen LogP contribution in [0.1, 0.15) is 5.56 Å². The van der Waals surface area contributed by atoms with Crippen molar-refractivity contribution >= 4 is 5.69 Å². The van der Waals surface area contributed by atoms with Crippen molar-refractivity contribution < 1.29 is 28.9 Å². The van der Waals surface area contributed by atoms with Crippen molar-refractivity contribution in [2.45, 2.75) is 6.92 Å². The molecule has 1 aromatic heterocycles. The van der Waals surface area contributed by atoms with Crippen LogP contribution in [0, 0.1) is 18.6 Å². The van der Waals surface area contributed by atoms with Gasteiger partial charge in [0.1, 0.15) is 11.6 Å². The van der Waals surface area contributed by atoms with Crippen LogP contribution in [0.5, 0.6) is 0 Å². The van der Waals surface area contributed by atoms with Gasteiger partial charge in [-0.3, -0.25) is 4.98 Å². The molecule has 0 amide bonds. The van der Waals surface area contributed by atoms with Crippen molar-refractivity contribution in [2.24, 2.45) is 0 Å². The molecule has 0 aliphatic heterocycles. The first-order chi connectivity index (χ1) is 8.49. The molecule has 19 heavy (non-hydrogen) atoms. The van der Waals surface area contributed by atoms with Crippen molar-refractivity contribution in [3.63, 3.8) is 0 Å². The second-order valence-electron chi connectivity index (χ2n) is 4.38. The van der Waals surface area contributed by atoms with Gasteiger partial charge in [-0.15, -0.1) is 0 Å². The maximum Gasteiger partial charge on any atom is 0.135 e. The normalized spacial score (nSPS) is 9.95. The molecule has 5 heteroatoms. The Morgan fingerprint density at radius 2 is 1.79 bits per heavy atom. The predicted octanol–water partition coefficient (Wildman–Crippen LogP) is 3.40. The van der Waals surface area contributed by atoms with Gasteiger partial charge < -0.3 is 4.90 Å². The number of rotatable bonds is 2. The van der Waals surface area contributed by atoms with Crippen molar-refractivity contribution in [1.29, 1.82) is 0 Å². The molecule has 0 spiro atoms. The van der Waals surface area contributed by atoms with Crippen LogP contribution >= 0.6 is 0 Å². The van der Waals surface area contributed by atoms with Crippen molar-refractivity contribution in [3.05, 3.63) is 47.7 Å². The molecule has 0 fully saturated rings. The quantitative estimate of drug-likeness (QED) is 0.712. The molecule has 2 aromatic rings. The molecule has 0 aliphatic rings. The third-order valence-corrected chi connectivity index (χ3v) is 2.77. The molecule has 0 atom stereocenters. The van der Waals surface area contributed by atoms with E-state index < -0.39 is 11.6 Å². The molecular formula is C14H14F2IrN2. The van der Waals surface area contributed by atoms with E-state index in [2.05, 4.69) is 4.98 Å². The summed E-state index contributed by atoms with van der Waals surface area (Å²) in [7, 11) is 3.81. The SMILES string of the molecule is Cc1cc(F)cc(F)c1-c1ccc(N(C)C)cn1.[Ir]. The fourth-order valence-electron chi connectivity index (χ4n) is 1.83. The number of pyridine rings is 1. The van der Waals surface area contributed by atoms with E-state index in [0.29, 0.717) is 16.8 Å². The Balaban J connectivity index is 0.00000180. The zero-order chi connectivity index (χ0) is 13.3. The molecule has 0 unspecified atom stereocenters. The number of aromatic nitrogens is 1. The Bertz CT molecular complexity index is 545. The molecule has 0 bridgehead atoms. The van der Waals surface area contributed by atoms with Crippen molar-refractivity contribution in [1.82, 2.24) is 4.98 Å². The average Bonchev–Trinajstić information content (AvgIpc) is 2.28. The minimum atomic E-state index is -0.586. The summed E-state index contributed by atoms with van der Waals surface area (Å²) in [5.41, 5.74) is 2.33. The first-order valence-corrected chi connectivity index (χ1v) is 5.58. The summed E-state index contributed by atoms with van der Waals surface area (Å²) in [5.74, 6) is -1.16. The first-order valence-electron chi connectivity index (χ1n) is 5.58. The van der Waals surface area contributed by atoms with Crippen LogP contribution in [-0.4, -0.2) is 19.1 Å². The van der Waals surface area contributed by atoms with E-state index in [4.69, 9.17) is 0 Å². The molecule has 0 N–H and O–H groups in total. The second kappa shape index (κ2) is 6.22. The van der Waals surface area contributed by atoms with E-state index in [1.165, 1.54) is 6.07 Å². The third-order valence-electron chi connectivity index (χ3n) is 2.77. The Morgan fingerprint density at radius 3 is 2.26 bits per heavy atom.